The molecule has 3 fully saturated rings. The Morgan fingerprint density at radius 2 is 1.97 bits per heavy atom. The lowest BCUT2D eigenvalue weighted by molar-refractivity contribution is -0.0657. The molecule has 2 saturated carbocycles. The van der Waals surface area contributed by atoms with Gasteiger partial charge in [-0.15, -0.1) is 0 Å². The summed E-state index contributed by atoms with van der Waals surface area (Å²) in [4.78, 5) is 12.9. The number of methoxy groups -OCH3 is 1. The highest BCUT2D eigenvalue weighted by Crippen LogP contribution is 2.63. The van der Waals surface area contributed by atoms with Crippen molar-refractivity contribution in [2.75, 3.05) is 7.11 Å². The van der Waals surface area contributed by atoms with E-state index in [1.807, 2.05) is 6.92 Å². The van der Waals surface area contributed by atoms with Crippen LogP contribution in [0.5, 0.6) is 11.5 Å². The van der Waals surface area contributed by atoms with E-state index in [9.17, 15) is 15.0 Å². The molecule has 160 valence electrons. The van der Waals surface area contributed by atoms with Gasteiger partial charge in [0.15, 0.2) is 11.5 Å². The Hall–Kier alpha value is -1.79. The largest absolute Gasteiger partial charge is 0.504 e. The van der Waals surface area contributed by atoms with Gasteiger partial charge in [-0.2, -0.15) is 0 Å². The minimum Gasteiger partial charge on any atom is -0.504 e. The van der Waals surface area contributed by atoms with E-state index in [1.54, 1.807) is 12.1 Å². The molecule has 4 rings (SSSR count). The molecule has 0 spiro atoms. The number of aliphatic hydroxyl groups is 1. The third kappa shape index (κ3) is 3.40. The summed E-state index contributed by atoms with van der Waals surface area (Å²) in [5, 5.41) is 21.3. The van der Waals surface area contributed by atoms with Gasteiger partial charge in [0.05, 0.1) is 30.0 Å². The van der Waals surface area contributed by atoms with Crippen LogP contribution in [0.15, 0.2) is 18.2 Å². The topological polar surface area (TPSA) is 88.5 Å². The summed E-state index contributed by atoms with van der Waals surface area (Å²) >= 11 is 0. The van der Waals surface area contributed by atoms with Gasteiger partial charge in [0.2, 0.25) is 0 Å². The molecule has 1 saturated heterocycles. The van der Waals surface area contributed by atoms with Crippen LogP contribution in [0.1, 0.15) is 57.3 Å². The van der Waals surface area contributed by atoms with E-state index in [1.165, 1.54) is 13.2 Å². The zero-order chi connectivity index (χ0) is 21.1. The highest BCUT2D eigenvalue weighted by molar-refractivity contribution is 5.90. The Balaban J connectivity index is 1.58. The fraction of sp³-hybridized carbons (Fsp3) is 0.696. The molecule has 1 aliphatic heterocycles. The van der Waals surface area contributed by atoms with Gasteiger partial charge in [-0.25, -0.2) is 4.79 Å². The summed E-state index contributed by atoms with van der Waals surface area (Å²) in [5.41, 5.74) is -0.795. The lowest BCUT2D eigenvalue weighted by Crippen LogP contribution is -2.41. The molecular formula is C23H32O6. The number of benzene rings is 1. The van der Waals surface area contributed by atoms with Crippen LogP contribution in [-0.4, -0.2) is 46.7 Å². The number of hydrogen-bond donors (Lipinski definition) is 2. The van der Waals surface area contributed by atoms with Crippen LogP contribution in [0.25, 0.3) is 0 Å². The SMILES string of the molecule is COc1ccc(C(=O)OC2CC(C)(O)C3CC4OC4(C)C3CC2C(C)C)cc1O. The second kappa shape index (κ2) is 6.88. The molecule has 7 atom stereocenters. The van der Waals surface area contributed by atoms with E-state index in [2.05, 4.69) is 20.8 Å². The molecule has 0 amide bonds. The molecule has 6 nitrogen and oxygen atoms in total. The van der Waals surface area contributed by atoms with Crippen LogP contribution in [-0.2, 0) is 9.47 Å². The van der Waals surface area contributed by atoms with E-state index in [0.29, 0.717) is 18.1 Å². The molecular weight excluding hydrogens is 372 g/mol. The maximum absolute atomic E-state index is 12.9. The van der Waals surface area contributed by atoms with Crippen LogP contribution in [0.3, 0.4) is 0 Å². The van der Waals surface area contributed by atoms with Crippen molar-refractivity contribution in [3.8, 4) is 11.5 Å². The van der Waals surface area contributed by atoms with Crippen LogP contribution < -0.4 is 4.74 Å². The molecule has 1 aromatic rings. The van der Waals surface area contributed by atoms with Crippen LogP contribution in [0.2, 0.25) is 0 Å². The fourth-order valence-corrected chi connectivity index (χ4v) is 5.77. The Morgan fingerprint density at radius 3 is 2.59 bits per heavy atom. The molecule has 6 heteroatoms. The Labute approximate surface area is 172 Å². The van der Waals surface area contributed by atoms with Gasteiger partial charge in [0.1, 0.15) is 6.10 Å². The van der Waals surface area contributed by atoms with Crippen LogP contribution in [0.4, 0.5) is 0 Å². The molecule has 0 aromatic heterocycles. The predicted octanol–water partition coefficient (Wildman–Crippen LogP) is 3.54. The molecule has 2 aliphatic carbocycles. The summed E-state index contributed by atoms with van der Waals surface area (Å²) in [6, 6.07) is 4.49. The lowest BCUT2D eigenvalue weighted by atomic mass is 9.76. The Morgan fingerprint density at radius 1 is 1.24 bits per heavy atom. The van der Waals surface area contributed by atoms with Gasteiger partial charge in [-0.05, 0) is 68.6 Å². The van der Waals surface area contributed by atoms with Crippen molar-refractivity contribution in [1.82, 2.24) is 0 Å². The molecule has 3 aliphatic rings. The second-order valence-corrected chi connectivity index (χ2v) is 9.77. The third-order valence-electron chi connectivity index (χ3n) is 7.61. The number of carbonyl (C=O) groups excluding carboxylic acids is 1. The summed E-state index contributed by atoms with van der Waals surface area (Å²) in [6.07, 6.45) is 2.00. The first-order chi connectivity index (χ1) is 13.6. The van der Waals surface area contributed by atoms with Crippen molar-refractivity contribution in [3.05, 3.63) is 23.8 Å². The first-order valence-electron chi connectivity index (χ1n) is 10.5. The highest BCUT2D eigenvalue weighted by atomic mass is 16.6. The minimum atomic E-state index is -0.916. The first kappa shape index (κ1) is 20.5. The van der Waals surface area contributed by atoms with Crippen molar-refractivity contribution in [2.45, 2.75) is 70.4 Å². The van der Waals surface area contributed by atoms with Gasteiger partial charge in [0.25, 0.3) is 0 Å². The maximum atomic E-state index is 12.9. The number of rotatable bonds is 4. The second-order valence-electron chi connectivity index (χ2n) is 9.77. The van der Waals surface area contributed by atoms with Crippen molar-refractivity contribution in [1.29, 1.82) is 0 Å². The van der Waals surface area contributed by atoms with E-state index >= 15 is 0 Å². The molecule has 0 radical (unpaired) electrons. The summed E-state index contributed by atoms with van der Waals surface area (Å²) in [6.45, 7) is 8.31. The third-order valence-corrected chi connectivity index (χ3v) is 7.61. The zero-order valence-electron chi connectivity index (χ0n) is 17.8. The standard InChI is InChI=1S/C23H32O6/c1-12(2)14-9-16-15(10-20-23(16,4)29-20)22(3,26)11-19(14)28-21(25)13-6-7-18(27-5)17(24)8-13/h6-8,12,14-16,19-20,24,26H,9-11H2,1-5H3. The number of carbonyl (C=O) groups is 1. The normalized spacial score (nSPS) is 40.7. The van der Waals surface area contributed by atoms with Gasteiger partial charge >= 0.3 is 5.97 Å². The van der Waals surface area contributed by atoms with Gasteiger partial charge in [0, 0.05) is 6.42 Å². The average molecular weight is 405 g/mol. The number of esters is 1. The Kier molecular flexibility index (Phi) is 4.86. The summed E-state index contributed by atoms with van der Waals surface area (Å²) in [5.74, 6) is 0.562. The number of phenolic OH excluding ortho intramolecular Hbond substituents is 1. The summed E-state index contributed by atoms with van der Waals surface area (Å²) < 4.78 is 16.9. The number of aromatic hydroxyl groups is 1. The van der Waals surface area contributed by atoms with Gasteiger partial charge in [-0.1, -0.05) is 13.8 Å². The molecule has 0 bridgehead atoms. The fourth-order valence-electron chi connectivity index (χ4n) is 5.77. The van der Waals surface area contributed by atoms with E-state index < -0.39 is 17.7 Å². The minimum absolute atomic E-state index is 0.102. The number of phenols is 1. The van der Waals surface area contributed by atoms with Gasteiger partial charge in [-0.3, -0.25) is 0 Å². The number of fused-ring (bicyclic) bond motifs is 3. The quantitative estimate of drug-likeness (QED) is 0.589. The predicted molar refractivity (Wildman–Crippen MR) is 107 cm³/mol. The molecule has 2 N–H and O–H groups in total. The van der Waals surface area contributed by atoms with E-state index in [0.717, 1.165) is 12.8 Å². The van der Waals surface area contributed by atoms with Crippen LogP contribution >= 0.6 is 0 Å². The summed E-state index contributed by atoms with van der Waals surface area (Å²) in [7, 11) is 1.46. The smallest absolute Gasteiger partial charge is 0.338 e. The first-order valence-corrected chi connectivity index (χ1v) is 10.5. The van der Waals surface area contributed by atoms with Crippen molar-refractivity contribution in [2.24, 2.45) is 23.7 Å². The zero-order valence-corrected chi connectivity index (χ0v) is 17.8. The number of hydrogen-bond acceptors (Lipinski definition) is 6. The molecule has 29 heavy (non-hydrogen) atoms. The van der Waals surface area contributed by atoms with Crippen molar-refractivity contribution < 1.29 is 29.2 Å². The van der Waals surface area contributed by atoms with Gasteiger partial charge < -0.3 is 24.4 Å². The monoisotopic (exact) mass is 404 g/mol. The Bertz CT molecular complexity index is 803. The molecule has 7 unspecified atom stereocenters. The van der Waals surface area contributed by atoms with Crippen LogP contribution in [0, 0.1) is 23.7 Å². The molecule has 1 aromatic carbocycles. The van der Waals surface area contributed by atoms with E-state index in [-0.39, 0.29) is 40.8 Å². The molecule has 1 heterocycles. The lowest BCUT2D eigenvalue weighted by Gasteiger charge is -2.35. The van der Waals surface area contributed by atoms with E-state index in [4.69, 9.17) is 14.2 Å². The highest BCUT2D eigenvalue weighted by Gasteiger charge is 2.69. The van der Waals surface area contributed by atoms with Crippen molar-refractivity contribution >= 4 is 5.97 Å². The maximum Gasteiger partial charge on any atom is 0.338 e. The number of epoxide rings is 1. The average Bonchev–Trinajstić information content (AvgIpc) is 3.24. The van der Waals surface area contributed by atoms with Crippen molar-refractivity contribution in [3.63, 3.8) is 0 Å². The number of ether oxygens (including phenoxy) is 3.